The Morgan fingerprint density at radius 2 is 2.00 bits per heavy atom. The van der Waals surface area contributed by atoms with Crippen LogP contribution in [-0.2, 0) is 4.79 Å². The van der Waals surface area contributed by atoms with E-state index >= 15 is 0 Å². The second-order valence-corrected chi connectivity index (χ2v) is 7.89. The molecule has 2 aliphatic heterocycles. The SMILES string of the molecule is O=C(Nc1cccc(F)c1)C1CSCN1C(=O)c1ccc(N2CCCC2)nc1. The number of thioether (sulfide) groups is 1. The lowest BCUT2D eigenvalue weighted by atomic mass is 10.2. The molecule has 3 heterocycles. The summed E-state index contributed by atoms with van der Waals surface area (Å²) in [7, 11) is 0. The zero-order chi connectivity index (χ0) is 19.5. The van der Waals surface area contributed by atoms with Gasteiger partial charge in [0.2, 0.25) is 5.91 Å². The van der Waals surface area contributed by atoms with Crippen molar-refractivity contribution in [3.8, 4) is 0 Å². The first-order valence-corrected chi connectivity index (χ1v) is 10.4. The smallest absolute Gasteiger partial charge is 0.256 e. The fraction of sp³-hybridized carbons (Fsp3) is 0.350. The molecular formula is C20H21FN4O2S. The summed E-state index contributed by atoms with van der Waals surface area (Å²) < 4.78 is 13.3. The van der Waals surface area contributed by atoms with Gasteiger partial charge in [-0.25, -0.2) is 9.37 Å². The van der Waals surface area contributed by atoms with Gasteiger partial charge in [0.15, 0.2) is 0 Å². The number of aromatic nitrogens is 1. The molecule has 146 valence electrons. The fourth-order valence-electron chi connectivity index (χ4n) is 3.46. The molecule has 0 saturated carbocycles. The van der Waals surface area contributed by atoms with Crippen molar-refractivity contribution in [2.75, 3.05) is 34.9 Å². The number of hydrogen-bond donors (Lipinski definition) is 1. The van der Waals surface area contributed by atoms with Gasteiger partial charge < -0.3 is 15.1 Å². The van der Waals surface area contributed by atoms with Gasteiger partial charge >= 0.3 is 0 Å². The number of carbonyl (C=O) groups is 2. The Labute approximate surface area is 167 Å². The van der Waals surface area contributed by atoms with Crippen LogP contribution in [0.2, 0.25) is 0 Å². The summed E-state index contributed by atoms with van der Waals surface area (Å²) in [4.78, 5) is 33.7. The molecule has 2 aliphatic rings. The first kappa shape index (κ1) is 18.7. The third-order valence-corrected chi connectivity index (χ3v) is 5.98. The maximum absolute atomic E-state index is 13.3. The Kier molecular flexibility index (Phi) is 5.47. The third-order valence-electron chi connectivity index (χ3n) is 4.96. The maximum atomic E-state index is 13.3. The number of halogens is 1. The number of rotatable bonds is 4. The average molecular weight is 400 g/mol. The van der Waals surface area contributed by atoms with Crippen molar-refractivity contribution in [3.63, 3.8) is 0 Å². The van der Waals surface area contributed by atoms with Gasteiger partial charge in [-0.3, -0.25) is 9.59 Å². The van der Waals surface area contributed by atoms with Gasteiger partial charge in [0.25, 0.3) is 5.91 Å². The number of anilines is 2. The third kappa shape index (κ3) is 3.96. The van der Waals surface area contributed by atoms with Crippen LogP contribution in [0, 0.1) is 5.82 Å². The van der Waals surface area contributed by atoms with Crippen LogP contribution in [0.4, 0.5) is 15.9 Å². The molecule has 1 N–H and O–H groups in total. The van der Waals surface area contributed by atoms with Crippen molar-refractivity contribution < 1.29 is 14.0 Å². The maximum Gasteiger partial charge on any atom is 0.256 e. The highest BCUT2D eigenvalue weighted by Gasteiger charge is 2.35. The van der Waals surface area contributed by atoms with E-state index in [1.54, 1.807) is 23.2 Å². The lowest BCUT2D eigenvalue weighted by Crippen LogP contribution is -2.44. The zero-order valence-corrected chi connectivity index (χ0v) is 16.1. The number of hydrogen-bond acceptors (Lipinski definition) is 5. The molecule has 28 heavy (non-hydrogen) atoms. The predicted molar refractivity (Wildman–Crippen MR) is 108 cm³/mol. The molecule has 0 radical (unpaired) electrons. The topological polar surface area (TPSA) is 65.5 Å². The monoisotopic (exact) mass is 400 g/mol. The van der Waals surface area contributed by atoms with Crippen LogP contribution in [0.15, 0.2) is 42.6 Å². The minimum atomic E-state index is -0.598. The van der Waals surface area contributed by atoms with Crippen LogP contribution < -0.4 is 10.2 Å². The van der Waals surface area contributed by atoms with Crippen molar-refractivity contribution in [2.24, 2.45) is 0 Å². The largest absolute Gasteiger partial charge is 0.357 e. The highest BCUT2D eigenvalue weighted by atomic mass is 32.2. The minimum absolute atomic E-state index is 0.218. The summed E-state index contributed by atoms with van der Waals surface area (Å²) in [6, 6.07) is 8.76. The van der Waals surface area contributed by atoms with Crippen LogP contribution >= 0.6 is 11.8 Å². The summed E-state index contributed by atoms with van der Waals surface area (Å²) in [6.45, 7) is 1.98. The molecule has 2 fully saturated rings. The van der Waals surface area contributed by atoms with Crippen LogP contribution in [0.5, 0.6) is 0 Å². The van der Waals surface area contributed by atoms with Gasteiger partial charge in [-0.05, 0) is 43.2 Å². The van der Waals surface area contributed by atoms with E-state index in [1.165, 1.54) is 30.0 Å². The van der Waals surface area contributed by atoms with E-state index in [9.17, 15) is 14.0 Å². The highest BCUT2D eigenvalue weighted by molar-refractivity contribution is 7.99. The predicted octanol–water partition coefficient (Wildman–Crippen LogP) is 2.97. The molecule has 4 rings (SSSR count). The summed E-state index contributed by atoms with van der Waals surface area (Å²) in [6.07, 6.45) is 3.91. The van der Waals surface area contributed by atoms with E-state index in [1.807, 2.05) is 6.07 Å². The Balaban J connectivity index is 1.44. The Morgan fingerprint density at radius 3 is 2.71 bits per heavy atom. The van der Waals surface area contributed by atoms with Gasteiger partial charge in [-0.1, -0.05) is 6.07 Å². The molecule has 1 aromatic carbocycles. The molecule has 6 nitrogen and oxygen atoms in total. The van der Waals surface area contributed by atoms with Gasteiger partial charge in [-0.15, -0.1) is 11.8 Å². The van der Waals surface area contributed by atoms with E-state index in [0.29, 0.717) is 22.9 Å². The lowest BCUT2D eigenvalue weighted by molar-refractivity contribution is -0.119. The average Bonchev–Trinajstić information content (AvgIpc) is 3.40. The van der Waals surface area contributed by atoms with Crippen LogP contribution in [0.25, 0.3) is 0 Å². The first-order chi connectivity index (χ1) is 13.6. The van der Waals surface area contributed by atoms with Crippen molar-refractivity contribution in [1.82, 2.24) is 9.88 Å². The van der Waals surface area contributed by atoms with E-state index in [4.69, 9.17) is 0 Å². The van der Waals surface area contributed by atoms with Crippen molar-refractivity contribution >= 4 is 35.1 Å². The molecule has 0 bridgehead atoms. The van der Waals surface area contributed by atoms with E-state index in [0.717, 1.165) is 31.7 Å². The lowest BCUT2D eigenvalue weighted by Gasteiger charge is -2.23. The standard InChI is InChI=1S/C20H21FN4O2S/c21-15-4-3-5-16(10-15)23-19(26)17-12-28-13-25(17)20(27)14-6-7-18(22-11-14)24-8-1-2-9-24/h3-7,10-11,17H,1-2,8-9,12-13H2,(H,23,26). The molecule has 1 aromatic heterocycles. The molecule has 2 saturated heterocycles. The van der Waals surface area contributed by atoms with E-state index in [-0.39, 0.29) is 11.8 Å². The van der Waals surface area contributed by atoms with Gasteiger partial charge in [0.05, 0.1) is 11.4 Å². The molecule has 0 spiro atoms. The molecule has 2 amide bonds. The van der Waals surface area contributed by atoms with Crippen LogP contribution in [0.1, 0.15) is 23.2 Å². The molecule has 1 unspecified atom stereocenters. The van der Waals surface area contributed by atoms with Crippen molar-refractivity contribution in [1.29, 1.82) is 0 Å². The normalized spacial score (nSPS) is 19.1. The number of pyridine rings is 1. The number of amides is 2. The summed E-state index contributed by atoms with van der Waals surface area (Å²) in [5, 5.41) is 2.70. The van der Waals surface area contributed by atoms with Gasteiger partial charge in [0, 0.05) is 30.7 Å². The fourth-order valence-corrected chi connectivity index (χ4v) is 4.62. The van der Waals surface area contributed by atoms with Crippen LogP contribution in [0.3, 0.4) is 0 Å². The molecule has 2 aromatic rings. The number of benzene rings is 1. The number of carbonyl (C=O) groups excluding carboxylic acids is 2. The van der Waals surface area contributed by atoms with Crippen molar-refractivity contribution in [3.05, 3.63) is 54.0 Å². The van der Waals surface area contributed by atoms with Gasteiger partial charge in [-0.2, -0.15) is 0 Å². The zero-order valence-electron chi connectivity index (χ0n) is 15.3. The van der Waals surface area contributed by atoms with Crippen molar-refractivity contribution in [2.45, 2.75) is 18.9 Å². The first-order valence-electron chi connectivity index (χ1n) is 9.28. The number of nitrogens with zero attached hydrogens (tertiary/aromatic N) is 3. The summed E-state index contributed by atoms with van der Waals surface area (Å²) in [5.41, 5.74) is 0.847. The summed E-state index contributed by atoms with van der Waals surface area (Å²) in [5.74, 6) is 0.872. The Bertz CT molecular complexity index is 871. The second kappa shape index (κ2) is 8.18. The van der Waals surface area contributed by atoms with Crippen LogP contribution in [-0.4, -0.2) is 52.5 Å². The molecule has 8 heteroatoms. The van der Waals surface area contributed by atoms with E-state index < -0.39 is 11.9 Å². The summed E-state index contributed by atoms with van der Waals surface area (Å²) >= 11 is 1.52. The second-order valence-electron chi connectivity index (χ2n) is 6.89. The minimum Gasteiger partial charge on any atom is -0.357 e. The molecular weight excluding hydrogens is 379 g/mol. The van der Waals surface area contributed by atoms with E-state index in [2.05, 4.69) is 15.2 Å². The highest BCUT2D eigenvalue weighted by Crippen LogP contribution is 2.25. The Hall–Kier alpha value is -2.61. The quantitative estimate of drug-likeness (QED) is 0.855. The molecule has 0 aliphatic carbocycles. The number of nitrogens with one attached hydrogen (secondary N) is 1. The molecule has 1 atom stereocenters. The Morgan fingerprint density at radius 1 is 1.18 bits per heavy atom. The van der Waals surface area contributed by atoms with Gasteiger partial charge in [0.1, 0.15) is 17.7 Å².